The van der Waals surface area contributed by atoms with Crippen molar-refractivity contribution in [2.45, 2.75) is 38.0 Å². The molecule has 1 aromatic carbocycles. The van der Waals surface area contributed by atoms with Crippen molar-refractivity contribution in [1.29, 1.82) is 0 Å². The van der Waals surface area contributed by atoms with Crippen LogP contribution in [-0.2, 0) is 20.8 Å². The van der Waals surface area contributed by atoms with Crippen LogP contribution < -0.4 is 11.0 Å². The molecule has 0 bridgehead atoms. The third-order valence-corrected chi connectivity index (χ3v) is 4.36. The number of anilines is 1. The number of aromatic nitrogens is 2. The third kappa shape index (κ3) is 4.91. The molecule has 2 heterocycles. The summed E-state index contributed by atoms with van der Waals surface area (Å²) in [6.45, 7) is 1.51. The lowest BCUT2D eigenvalue weighted by Gasteiger charge is -2.19. The minimum absolute atomic E-state index is 0.166. The van der Waals surface area contributed by atoms with Gasteiger partial charge in [0.1, 0.15) is 18.0 Å². The molecular weight excluding hydrogens is 380 g/mol. The first-order chi connectivity index (χ1) is 14.0. The Hall–Kier alpha value is -3.40. The highest BCUT2D eigenvalue weighted by Crippen LogP contribution is 2.31. The van der Waals surface area contributed by atoms with E-state index in [-0.39, 0.29) is 6.54 Å². The summed E-state index contributed by atoms with van der Waals surface area (Å²) in [5.41, 5.74) is 8.88. The summed E-state index contributed by atoms with van der Waals surface area (Å²) in [5.74, 6) is -0.264. The number of aliphatic hydroxyl groups is 1. The Labute approximate surface area is 165 Å². The number of hydrogen-bond acceptors (Lipinski definition) is 8. The van der Waals surface area contributed by atoms with Crippen LogP contribution in [0, 0.1) is 0 Å². The molecule has 11 heteroatoms. The molecule has 29 heavy (non-hydrogen) atoms. The maximum absolute atomic E-state index is 12.5. The van der Waals surface area contributed by atoms with Crippen LogP contribution in [0.25, 0.3) is 10.4 Å². The molecule has 1 aliphatic rings. The first kappa shape index (κ1) is 20.3. The van der Waals surface area contributed by atoms with Gasteiger partial charge in [-0.2, -0.15) is 4.98 Å². The monoisotopic (exact) mass is 400 g/mol. The van der Waals surface area contributed by atoms with Gasteiger partial charge in [-0.15, -0.1) is 0 Å². The second kappa shape index (κ2) is 9.20. The topological polar surface area (TPSA) is 151 Å². The van der Waals surface area contributed by atoms with E-state index in [0.29, 0.717) is 12.4 Å². The molecule has 3 rings (SSSR count). The largest absolute Gasteiger partial charge is 0.457 e. The number of rotatable bonds is 7. The van der Waals surface area contributed by atoms with Crippen molar-refractivity contribution < 1.29 is 19.4 Å². The molecule has 4 atom stereocenters. The molecule has 1 aromatic heterocycles. The van der Waals surface area contributed by atoms with Crippen LogP contribution in [0.15, 0.2) is 52.5 Å². The Morgan fingerprint density at radius 3 is 2.83 bits per heavy atom. The molecule has 1 aliphatic heterocycles. The van der Waals surface area contributed by atoms with Crippen LogP contribution in [0.2, 0.25) is 0 Å². The summed E-state index contributed by atoms with van der Waals surface area (Å²) in [5, 5.41) is 17.0. The van der Waals surface area contributed by atoms with Crippen molar-refractivity contribution in [1.82, 2.24) is 9.55 Å². The highest BCUT2D eigenvalue weighted by Gasteiger charge is 2.46. The molecule has 11 nitrogen and oxygen atoms in total. The lowest BCUT2D eigenvalue weighted by atomic mass is 10.1. The van der Waals surface area contributed by atoms with E-state index in [2.05, 4.69) is 20.3 Å². The molecular formula is C18H20N6O5. The summed E-state index contributed by atoms with van der Waals surface area (Å²) in [4.78, 5) is 30.4. The fraction of sp³-hybridized carbons (Fsp3) is 0.389. The van der Waals surface area contributed by atoms with Crippen LogP contribution in [-0.4, -0.2) is 45.5 Å². The van der Waals surface area contributed by atoms with Crippen LogP contribution in [0.5, 0.6) is 0 Å². The van der Waals surface area contributed by atoms with Gasteiger partial charge >= 0.3 is 11.7 Å². The van der Waals surface area contributed by atoms with Gasteiger partial charge in [-0.25, -0.2) is 4.79 Å². The lowest BCUT2D eigenvalue weighted by molar-refractivity contribution is -0.152. The van der Waals surface area contributed by atoms with Gasteiger partial charge in [-0.1, -0.05) is 35.4 Å². The minimum atomic E-state index is -1.33. The molecule has 0 aliphatic carbocycles. The first-order valence-electron chi connectivity index (χ1n) is 8.88. The van der Waals surface area contributed by atoms with Crippen molar-refractivity contribution in [2.75, 3.05) is 11.9 Å². The van der Waals surface area contributed by atoms with Gasteiger partial charge in [0.25, 0.3) is 0 Å². The Morgan fingerprint density at radius 2 is 2.17 bits per heavy atom. The van der Waals surface area contributed by atoms with Crippen LogP contribution >= 0.6 is 0 Å². The highest BCUT2D eigenvalue weighted by molar-refractivity contribution is 5.66. The number of aliphatic hydroxyl groups excluding tert-OH is 1. The maximum Gasteiger partial charge on any atom is 0.351 e. The SMILES string of the molecule is CC(=O)O[C@H]1[C@@H](O)[C@H](n2ccc(NCc3ccccc3)nc2=O)O[C@@H]1CN=[N+]=[N-]. The number of carbonyl (C=O) groups is 1. The molecule has 0 saturated carbocycles. The zero-order valence-corrected chi connectivity index (χ0v) is 15.6. The van der Waals surface area contributed by atoms with Crippen molar-refractivity contribution in [2.24, 2.45) is 5.11 Å². The van der Waals surface area contributed by atoms with E-state index in [1.165, 1.54) is 13.1 Å². The predicted octanol–water partition coefficient (Wildman–Crippen LogP) is 1.36. The Morgan fingerprint density at radius 1 is 1.41 bits per heavy atom. The molecule has 2 aromatic rings. The van der Waals surface area contributed by atoms with Gasteiger partial charge in [0.15, 0.2) is 12.3 Å². The molecule has 152 valence electrons. The van der Waals surface area contributed by atoms with E-state index in [9.17, 15) is 14.7 Å². The number of hydrogen-bond donors (Lipinski definition) is 2. The standard InChI is InChI=1S/C18H20N6O5/c1-11(25)28-16-13(10-21-23-19)29-17(15(16)26)24-8-7-14(22-18(24)27)20-9-12-5-3-2-4-6-12/h2-8,13,15-17,26H,9-10H2,1H3,(H,20,22,27)/t13-,15-,16-,17-/m1/s1. The number of azide groups is 1. The van der Waals surface area contributed by atoms with Gasteiger partial charge in [0.2, 0.25) is 0 Å². The van der Waals surface area contributed by atoms with Crippen LogP contribution in [0.3, 0.4) is 0 Å². The highest BCUT2D eigenvalue weighted by atomic mass is 16.6. The maximum atomic E-state index is 12.5. The van der Waals surface area contributed by atoms with E-state index in [4.69, 9.17) is 15.0 Å². The van der Waals surface area contributed by atoms with Gasteiger partial charge in [0.05, 0.1) is 6.54 Å². The molecule has 1 fully saturated rings. The number of esters is 1. The zero-order chi connectivity index (χ0) is 20.8. The van der Waals surface area contributed by atoms with Crippen molar-refractivity contribution >= 4 is 11.8 Å². The van der Waals surface area contributed by atoms with Gasteiger partial charge in [-0.3, -0.25) is 9.36 Å². The summed E-state index contributed by atoms with van der Waals surface area (Å²) < 4.78 is 11.8. The van der Waals surface area contributed by atoms with Gasteiger partial charge in [0, 0.05) is 24.6 Å². The van der Waals surface area contributed by atoms with Crippen molar-refractivity contribution in [3.05, 3.63) is 69.1 Å². The van der Waals surface area contributed by atoms with Gasteiger partial charge < -0.3 is 19.9 Å². The van der Waals surface area contributed by atoms with E-state index in [1.54, 1.807) is 6.07 Å². The third-order valence-electron chi connectivity index (χ3n) is 4.36. The molecule has 1 saturated heterocycles. The average Bonchev–Trinajstić information content (AvgIpc) is 3.00. The molecule has 0 unspecified atom stereocenters. The number of nitrogens with zero attached hydrogens (tertiary/aromatic N) is 5. The summed E-state index contributed by atoms with van der Waals surface area (Å²) in [6.07, 6.45) is -3.01. The quantitative estimate of drug-likeness (QED) is 0.308. The van der Waals surface area contributed by atoms with Crippen molar-refractivity contribution in [3.63, 3.8) is 0 Å². The molecule has 0 amide bonds. The first-order valence-corrected chi connectivity index (χ1v) is 8.88. The number of benzene rings is 1. The number of ether oxygens (including phenoxy) is 2. The number of carbonyl (C=O) groups excluding carboxylic acids is 1. The smallest absolute Gasteiger partial charge is 0.351 e. The van der Waals surface area contributed by atoms with E-state index in [1.807, 2.05) is 30.3 Å². The summed E-state index contributed by atoms with van der Waals surface area (Å²) >= 11 is 0. The fourth-order valence-electron chi connectivity index (χ4n) is 3.04. The van der Waals surface area contributed by atoms with Crippen molar-refractivity contribution in [3.8, 4) is 0 Å². The second-order valence-electron chi connectivity index (χ2n) is 6.38. The fourth-order valence-corrected chi connectivity index (χ4v) is 3.04. The lowest BCUT2D eigenvalue weighted by Crippen LogP contribution is -2.38. The van der Waals surface area contributed by atoms with Gasteiger partial charge in [-0.05, 0) is 17.2 Å². The normalized spacial score (nSPS) is 23.2. The average molecular weight is 400 g/mol. The summed E-state index contributed by atoms with van der Waals surface area (Å²) in [7, 11) is 0. The predicted molar refractivity (Wildman–Crippen MR) is 102 cm³/mol. The second-order valence-corrected chi connectivity index (χ2v) is 6.38. The number of nitrogens with one attached hydrogen (secondary N) is 1. The van der Waals surface area contributed by atoms with Crippen LogP contribution in [0.4, 0.5) is 5.82 Å². The Balaban J connectivity index is 1.75. The minimum Gasteiger partial charge on any atom is -0.457 e. The van der Waals surface area contributed by atoms with E-state index in [0.717, 1.165) is 10.1 Å². The molecule has 0 radical (unpaired) electrons. The molecule has 0 spiro atoms. The molecule has 2 N–H and O–H groups in total. The Bertz CT molecular complexity index is 959. The summed E-state index contributed by atoms with van der Waals surface area (Å²) in [6, 6.07) is 11.2. The van der Waals surface area contributed by atoms with Crippen LogP contribution in [0.1, 0.15) is 18.7 Å². The zero-order valence-electron chi connectivity index (χ0n) is 15.6. The van der Waals surface area contributed by atoms with E-state index < -0.39 is 36.2 Å². The van der Waals surface area contributed by atoms with E-state index >= 15 is 0 Å². The Kier molecular flexibility index (Phi) is 6.45.